The largest absolute Gasteiger partial charge is 0.416 e. The van der Waals surface area contributed by atoms with Crippen molar-refractivity contribution >= 4 is 34.2 Å². The lowest BCUT2D eigenvalue weighted by atomic mass is 10.0. The fourth-order valence-electron chi connectivity index (χ4n) is 4.08. The van der Waals surface area contributed by atoms with Gasteiger partial charge in [-0.05, 0) is 69.1 Å². The predicted molar refractivity (Wildman–Crippen MR) is 144 cm³/mol. The number of nitrogens with zero attached hydrogens (tertiary/aromatic N) is 4. The minimum absolute atomic E-state index is 0.205. The van der Waals surface area contributed by atoms with Gasteiger partial charge in [0.15, 0.2) is 5.13 Å². The van der Waals surface area contributed by atoms with Crippen LogP contribution in [0.1, 0.15) is 44.8 Å². The molecule has 0 spiro atoms. The van der Waals surface area contributed by atoms with Crippen molar-refractivity contribution < 1.29 is 22.8 Å². The number of likely N-dealkylation sites (N-methyl/N-ethyl adjacent to an activating group) is 2. The zero-order valence-corrected chi connectivity index (χ0v) is 22.4. The molecule has 1 fully saturated rings. The van der Waals surface area contributed by atoms with Crippen molar-refractivity contribution in [1.82, 2.24) is 19.8 Å². The molecule has 0 aliphatic carbocycles. The Labute approximate surface area is 228 Å². The molecule has 1 saturated heterocycles. The first-order valence-electron chi connectivity index (χ1n) is 12.1. The Kier molecular flexibility index (Phi) is 8.52. The molecule has 1 aliphatic heterocycles. The van der Waals surface area contributed by atoms with Gasteiger partial charge in [-0.25, -0.2) is 14.8 Å². The van der Waals surface area contributed by atoms with E-state index >= 15 is 0 Å². The van der Waals surface area contributed by atoms with E-state index in [0.29, 0.717) is 28.2 Å². The van der Waals surface area contributed by atoms with Crippen molar-refractivity contribution in [3.05, 3.63) is 69.9 Å². The molecule has 39 heavy (non-hydrogen) atoms. The highest BCUT2D eigenvalue weighted by atomic mass is 32.1. The Balaban J connectivity index is 1.40. The highest BCUT2D eigenvalue weighted by molar-refractivity contribution is 7.16. The number of aryl methyl sites for hydroxylation is 1. The molecule has 1 aromatic carbocycles. The van der Waals surface area contributed by atoms with E-state index < -0.39 is 17.6 Å². The third kappa shape index (κ3) is 7.34. The molecule has 3 heterocycles. The highest BCUT2D eigenvalue weighted by Gasteiger charge is 2.31. The summed E-state index contributed by atoms with van der Waals surface area (Å²) >= 11 is 1.23. The standard InChI is InChI=1S/C27H27F3N6O2S/c1-17-6-7-19(24(37)33-23-14-20(10-11-31-23)27(28,29)30)13-18(17)8-9-22-15-32-25(39-22)34-26(38)36(3)16-21-5-4-12-35(21)2/h6-7,10-11,13-15,21H,4-5,12,16H2,1-3H3,(H,31,33,37)(H,32,34,38). The molecule has 1 atom stereocenters. The molecule has 3 amide bonds. The number of pyridine rings is 1. The van der Waals surface area contributed by atoms with Crippen molar-refractivity contribution in [3.8, 4) is 11.8 Å². The van der Waals surface area contributed by atoms with Crippen molar-refractivity contribution in [1.29, 1.82) is 0 Å². The lowest BCUT2D eigenvalue weighted by Crippen LogP contribution is -2.41. The van der Waals surface area contributed by atoms with E-state index in [1.165, 1.54) is 11.3 Å². The van der Waals surface area contributed by atoms with Gasteiger partial charge in [0, 0.05) is 37.0 Å². The average molecular weight is 557 g/mol. The van der Waals surface area contributed by atoms with E-state index in [2.05, 4.69) is 44.4 Å². The number of carbonyl (C=O) groups excluding carboxylic acids is 2. The van der Waals surface area contributed by atoms with Gasteiger partial charge < -0.3 is 15.1 Å². The number of urea groups is 1. The molecular formula is C27H27F3N6O2S. The molecule has 4 rings (SSSR count). The van der Waals surface area contributed by atoms with Gasteiger partial charge in [-0.1, -0.05) is 23.3 Å². The summed E-state index contributed by atoms with van der Waals surface area (Å²) in [6.45, 7) is 3.50. The number of amides is 3. The number of anilines is 2. The lowest BCUT2D eigenvalue weighted by molar-refractivity contribution is -0.137. The number of thiazole rings is 1. The third-order valence-corrected chi connectivity index (χ3v) is 7.20. The highest BCUT2D eigenvalue weighted by Crippen LogP contribution is 2.30. The Bertz CT molecular complexity index is 1430. The fraction of sp³-hybridized carbons (Fsp3) is 0.333. The van der Waals surface area contributed by atoms with Crippen molar-refractivity contribution in [2.75, 3.05) is 37.8 Å². The Morgan fingerprint density at radius 3 is 2.69 bits per heavy atom. The first kappa shape index (κ1) is 28.1. The molecule has 1 aliphatic rings. The summed E-state index contributed by atoms with van der Waals surface area (Å²) in [6.07, 6.45) is 0.198. The number of rotatable bonds is 5. The molecule has 2 aromatic heterocycles. The van der Waals surface area contributed by atoms with Crippen LogP contribution in [0.2, 0.25) is 0 Å². The fourth-order valence-corrected chi connectivity index (χ4v) is 4.74. The zero-order chi connectivity index (χ0) is 28.2. The second-order valence-electron chi connectivity index (χ2n) is 9.28. The van der Waals surface area contributed by atoms with E-state index in [1.54, 1.807) is 36.3 Å². The number of halogens is 3. The van der Waals surface area contributed by atoms with Crippen LogP contribution in [0.15, 0.2) is 42.7 Å². The van der Waals surface area contributed by atoms with Crippen LogP contribution in [0, 0.1) is 18.8 Å². The summed E-state index contributed by atoms with van der Waals surface area (Å²) in [7, 11) is 3.82. The third-order valence-electron chi connectivity index (χ3n) is 6.37. The van der Waals surface area contributed by atoms with Gasteiger partial charge in [0.05, 0.1) is 16.6 Å². The lowest BCUT2D eigenvalue weighted by Gasteiger charge is -2.25. The molecule has 12 heteroatoms. The molecule has 204 valence electrons. The van der Waals surface area contributed by atoms with Crippen LogP contribution in [0.4, 0.5) is 28.9 Å². The van der Waals surface area contributed by atoms with E-state index in [0.717, 1.165) is 43.3 Å². The number of likely N-dealkylation sites (tertiary alicyclic amines) is 1. The van der Waals surface area contributed by atoms with Crippen molar-refractivity contribution in [2.45, 2.75) is 32.0 Å². The molecule has 0 radical (unpaired) electrons. The molecular weight excluding hydrogens is 529 g/mol. The quantitative estimate of drug-likeness (QED) is 0.428. The first-order chi connectivity index (χ1) is 18.5. The number of nitrogens with one attached hydrogen (secondary N) is 2. The average Bonchev–Trinajstić information content (AvgIpc) is 3.51. The van der Waals surface area contributed by atoms with Crippen molar-refractivity contribution in [2.24, 2.45) is 0 Å². The van der Waals surface area contributed by atoms with Crippen molar-refractivity contribution in [3.63, 3.8) is 0 Å². The molecule has 8 nitrogen and oxygen atoms in total. The van der Waals surface area contributed by atoms with Crippen LogP contribution in [-0.4, -0.2) is 64.9 Å². The van der Waals surface area contributed by atoms with Crippen LogP contribution < -0.4 is 10.6 Å². The maximum Gasteiger partial charge on any atom is 0.416 e. The molecule has 0 saturated carbocycles. The number of benzene rings is 1. The van der Waals surface area contributed by atoms with Gasteiger partial charge in [0.1, 0.15) is 5.82 Å². The minimum Gasteiger partial charge on any atom is -0.326 e. The second-order valence-corrected chi connectivity index (χ2v) is 10.3. The minimum atomic E-state index is -4.54. The summed E-state index contributed by atoms with van der Waals surface area (Å²) in [5.41, 5.74) is 0.695. The summed E-state index contributed by atoms with van der Waals surface area (Å²) < 4.78 is 38.9. The van der Waals surface area contributed by atoms with Gasteiger partial charge in [-0.3, -0.25) is 10.1 Å². The van der Waals surface area contributed by atoms with Gasteiger partial charge in [-0.15, -0.1) is 0 Å². The van der Waals surface area contributed by atoms with Gasteiger partial charge in [0.2, 0.25) is 0 Å². The van der Waals surface area contributed by atoms with Gasteiger partial charge >= 0.3 is 12.2 Å². The molecule has 3 aromatic rings. The summed E-state index contributed by atoms with van der Waals surface area (Å²) in [6, 6.07) is 6.54. The number of hydrogen-bond acceptors (Lipinski definition) is 6. The monoisotopic (exact) mass is 556 g/mol. The molecule has 1 unspecified atom stereocenters. The van der Waals surface area contributed by atoms with Crippen LogP contribution in [-0.2, 0) is 6.18 Å². The van der Waals surface area contributed by atoms with E-state index in [-0.39, 0.29) is 17.4 Å². The molecule has 2 N–H and O–H groups in total. The summed E-state index contributed by atoms with van der Waals surface area (Å²) in [5, 5.41) is 5.62. The topological polar surface area (TPSA) is 90.5 Å². The van der Waals surface area contributed by atoms with E-state index in [9.17, 15) is 22.8 Å². The van der Waals surface area contributed by atoms with Crippen LogP contribution in [0.3, 0.4) is 0 Å². The Hall–Kier alpha value is -3.95. The SMILES string of the molecule is Cc1ccc(C(=O)Nc2cc(C(F)(F)F)ccn2)cc1C#Cc1cnc(NC(=O)N(C)CC2CCCN2C)s1. The van der Waals surface area contributed by atoms with Crippen LogP contribution in [0.25, 0.3) is 0 Å². The van der Waals surface area contributed by atoms with Crippen LogP contribution in [0.5, 0.6) is 0 Å². The van der Waals surface area contributed by atoms with E-state index in [1.807, 2.05) is 6.92 Å². The Morgan fingerprint density at radius 1 is 1.18 bits per heavy atom. The zero-order valence-electron chi connectivity index (χ0n) is 21.6. The van der Waals surface area contributed by atoms with Crippen LogP contribution >= 0.6 is 11.3 Å². The number of aromatic nitrogens is 2. The van der Waals surface area contributed by atoms with E-state index in [4.69, 9.17) is 0 Å². The molecule has 0 bridgehead atoms. The maximum absolute atomic E-state index is 13.0. The first-order valence-corrected chi connectivity index (χ1v) is 13.0. The predicted octanol–water partition coefficient (Wildman–Crippen LogP) is 5.08. The summed E-state index contributed by atoms with van der Waals surface area (Å²) in [4.78, 5) is 37.8. The number of hydrogen-bond donors (Lipinski definition) is 2. The Morgan fingerprint density at radius 2 is 1.97 bits per heavy atom. The number of carbonyl (C=O) groups is 2. The van der Waals surface area contributed by atoms with Gasteiger partial charge in [0.25, 0.3) is 5.91 Å². The summed E-state index contributed by atoms with van der Waals surface area (Å²) in [5.74, 6) is 5.19. The van der Waals surface area contributed by atoms with Gasteiger partial charge in [-0.2, -0.15) is 13.2 Å². The maximum atomic E-state index is 13.0. The number of alkyl halides is 3. The smallest absolute Gasteiger partial charge is 0.326 e. The normalized spacial score (nSPS) is 15.4. The second kappa shape index (κ2) is 11.8.